The number of nitrogens with one attached hydrogen (secondary N) is 1. The fourth-order valence-electron chi connectivity index (χ4n) is 2.12. The van der Waals surface area contributed by atoms with Crippen LogP contribution in [0.1, 0.15) is 11.1 Å². The first-order valence-corrected chi connectivity index (χ1v) is 8.30. The number of rotatable bonds is 3. The van der Waals surface area contributed by atoms with Crippen LogP contribution in [0.15, 0.2) is 47.4 Å². The van der Waals surface area contributed by atoms with Gasteiger partial charge in [-0.25, -0.2) is 5.01 Å². The van der Waals surface area contributed by atoms with Crippen LogP contribution in [0.2, 0.25) is 0 Å². The van der Waals surface area contributed by atoms with Crippen molar-refractivity contribution >= 4 is 46.0 Å². The maximum Gasteiger partial charge on any atom is 0.285 e. The predicted octanol–water partition coefficient (Wildman–Crippen LogP) is 3.63. The lowest BCUT2D eigenvalue weighted by atomic mass is 10.1. The first kappa shape index (κ1) is 16.4. The molecule has 3 rings (SSSR count). The molecule has 3 N–H and O–H groups in total. The minimum Gasteiger partial charge on any atom is -0.508 e. The maximum absolute atomic E-state index is 12.5. The Balaban J connectivity index is 1.83. The average molecular weight is 358 g/mol. The Labute approximate surface area is 148 Å². The van der Waals surface area contributed by atoms with Crippen molar-refractivity contribution in [2.24, 2.45) is 0 Å². The fourth-order valence-corrected chi connectivity index (χ4v) is 3.29. The third-order valence-electron chi connectivity index (χ3n) is 3.39. The van der Waals surface area contributed by atoms with Gasteiger partial charge in [0, 0.05) is 11.6 Å². The lowest BCUT2D eigenvalue weighted by molar-refractivity contribution is -0.121. The van der Waals surface area contributed by atoms with E-state index in [1.807, 2.05) is 31.2 Å². The van der Waals surface area contributed by atoms with E-state index in [1.165, 1.54) is 23.2 Å². The van der Waals surface area contributed by atoms with Gasteiger partial charge in [-0.05, 0) is 49.5 Å². The molecule has 1 aliphatic rings. The van der Waals surface area contributed by atoms with Gasteiger partial charge in [-0.1, -0.05) is 29.5 Å². The Kier molecular flexibility index (Phi) is 4.46. The number of hydrogen-bond acceptors (Lipinski definition) is 6. The van der Waals surface area contributed by atoms with Crippen LogP contribution in [0.25, 0.3) is 6.08 Å². The summed E-state index contributed by atoms with van der Waals surface area (Å²) < 4.78 is 0.380. The Morgan fingerprint density at radius 3 is 2.54 bits per heavy atom. The molecule has 24 heavy (non-hydrogen) atoms. The summed E-state index contributed by atoms with van der Waals surface area (Å²) in [7, 11) is 0. The number of carbonyl (C=O) groups is 1. The zero-order valence-corrected chi connectivity index (χ0v) is 14.3. The van der Waals surface area contributed by atoms with E-state index in [9.17, 15) is 15.0 Å². The molecule has 0 aliphatic carbocycles. The van der Waals surface area contributed by atoms with Crippen LogP contribution in [0.3, 0.4) is 0 Å². The van der Waals surface area contributed by atoms with Gasteiger partial charge in [0.05, 0.1) is 10.6 Å². The minimum absolute atomic E-state index is 0.0433. The van der Waals surface area contributed by atoms with Gasteiger partial charge >= 0.3 is 0 Å². The van der Waals surface area contributed by atoms with Gasteiger partial charge < -0.3 is 10.2 Å². The van der Waals surface area contributed by atoms with Gasteiger partial charge in [-0.15, -0.1) is 0 Å². The van der Waals surface area contributed by atoms with Crippen LogP contribution >= 0.6 is 24.0 Å². The molecule has 5 nitrogen and oxygen atoms in total. The highest BCUT2D eigenvalue weighted by molar-refractivity contribution is 8.26. The second-order valence-corrected chi connectivity index (χ2v) is 6.91. The highest BCUT2D eigenvalue weighted by atomic mass is 32.2. The molecular weight excluding hydrogens is 344 g/mol. The topological polar surface area (TPSA) is 72.8 Å². The molecule has 1 fully saturated rings. The molecule has 0 atom stereocenters. The number of thioether (sulfide) groups is 1. The van der Waals surface area contributed by atoms with E-state index < -0.39 is 0 Å². The molecule has 2 aromatic rings. The van der Waals surface area contributed by atoms with E-state index in [1.54, 1.807) is 6.08 Å². The van der Waals surface area contributed by atoms with Crippen molar-refractivity contribution in [3.8, 4) is 11.5 Å². The largest absolute Gasteiger partial charge is 0.508 e. The Morgan fingerprint density at radius 1 is 1.17 bits per heavy atom. The summed E-state index contributed by atoms with van der Waals surface area (Å²) in [5.41, 5.74) is 5.29. The van der Waals surface area contributed by atoms with Gasteiger partial charge in [0.15, 0.2) is 4.32 Å². The first-order chi connectivity index (χ1) is 11.4. The van der Waals surface area contributed by atoms with Crippen LogP contribution in [0.5, 0.6) is 11.5 Å². The van der Waals surface area contributed by atoms with E-state index in [0.717, 1.165) is 23.0 Å². The molecule has 1 amide bonds. The van der Waals surface area contributed by atoms with Gasteiger partial charge in [0.25, 0.3) is 5.91 Å². The van der Waals surface area contributed by atoms with Gasteiger partial charge in [-0.3, -0.25) is 10.2 Å². The zero-order valence-electron chi connectivity index (χ0n) is 12.7. The lowest BCUT2D eigenvalue weighted by Crippen LogP contribution is -2.33. The van der Waals surface area contributed by atoms with Gasteiger partial charge in [-0.2, -0.15) is 0 Å². The van der Waals surface area contributed by atoms with Crippen LogP contribution < -0.4 is 5.43 Å². The van der Waals surface area contributed by atoms with Crippen molar-refractivity contribution in [2.45, 2.75) is 6.92 Å². The molecule has 0 unspecified atom stereocenters. The normalized spacial score (nSPS) is 16.0. The van der Waals surface area contributed by atoms with Crippen molar-refractivity contribution in [1.82, 2.24) is 5.01 Å². The molecule has 2 aromatic carbocycles. The lowest BCUT2D eigenvalue weighted by Gasteiger charge is -2.17. The van der Waals surface area contributed by atoms with Crippen LogP contribution in [0, 0.1) is 6.92 Å². The molecule has 7 heteroatoms. The molecule has 1 aliphatic heterocycles. The number of hydrogen-bond donors (Lipinski definition) is 3. The monoisotopic (exact) mass is 358 g/mol. The summed E-state index contributed by atoms with van der Waals surface area (Å²) in [4.78, 5) is 12.9. The fraction of sp³-hybridized carbons (Fsp3) is 0.0588. The third-order valence-corrected chi connectivity index (χ3v) is 4.69. The summed E-state index contributed by atoms with van der Waals surface area (Å²) >= 11 is 6.40. The summed E-state index contributed by atoms with van der Waals surface area (Å²) in [5, 5.41) is 20.5. The van der Waals surface area contributed by atoms with Crippen molar-refractivity contribution in [3.63, 3.8) is 0 Å². The summed E-state index contributed by atoms with van der Waals surface area (Å²) in [6, 6.07) is 11.8. The summed E-state index contributed by atoms with van der Waals surface area (Å²) in [6.45, 7) is 1.98. The zero-order chi connectivity index (χ0) is 17.3. The smallest absolute Gasteiger partial charge is 0.285 e. The highest BCUT2D eigenvalue weighted by Crippen LogP contribution is 2.34. The number of hydrazine groups is 1. The average Bonchev–Trinajstić information content (AvgIpc) is 2.80. The Hall–Kier alpha value is -2.51. The number of thiocarbonyl (C=S) groups is 1. The van der Waals surface area contributed by atoms with Gasteiger partial charge in [0.1, 0.15) is 11.5 Å². The Morgan fingerprint density at radius 2 is 1.88 bits per heavy atom. The van der Waals surface area contributed by atoms with Crippen LogP contribution in [0.4, 0.5) is 5.69 Å². The van der Waals surface area contributed by atoms with E-state index >= 15 is 0 Å². The number of carbonyl (C=O) groups excluding carboxylic acids is 1. The van der Waals surface area contributed by atoms with Crippen LogP contribution in [-0.4, -0.2) is 25.4 Å². The summed E-state index contributed by atoms with van der Waals surface area (Å²) in [6.07, 6.45) is 1.55. The Bertz CT molecular complexity index is 847. The predicted molar refractivity (Wildman–Crippen MR) is 99.6 cm³/mol. The standard InChI is InChI=1S/C17H14N2O3S2/c1-10-2-5-12(6-3-10)18-19-16(22)15(24-17(19)23)8-11-4-7-13(20)9-14(11)21/h2-9,18,20-21H,1H3/b15-8+. The summed E-state index contributed by atoms with van der Waals surface area (Å²) in [5.74, 6) is -0.442. The van der Waals surface area contributed by atoms with Crippen molar-refractivity contribution in [2.75, 3.05) is 5.43 Å². The molecule has 0 bridgehead atoms. The molecule has 1 heterocycles. The van der Waals surface area contributed by atoms with Crippen molar-refractivity contribution in [3.05, 3.63) is 58.5 Å². The number of amides is 1. The minimum atomic E-state index is -0.293. The number of phenols is 2. The van der Waals surface area contributed by atoms with E-state index in [-0.39, 0.29) is 17.4 Å². The number of nitrogens with zero attached hydrogens (tertiary/aromatic N) is 1. The second kappa shape index (κ2) is 6.54. The first-order valence-electron chi connectivity index (χ1n) is 7.07. The molecule has 0 spiro atoms. The third kappa shape index (κ3) is 3.37. The maximum atomic E-state index is 12.5. The van der Waals surface area contributed by atoms with E-state index in [0.29, 0.717) is 14.8 Å². The second-order valence-electron chi connectivity index (χ2n) is 5.24. The van der Waals surface area contributed by atoms with Crippen molar-refractivity contribution < 1.29 is 15.0 Å². The number of phenolic OH excluding ortho intramolecular Hbond substituents is 2. The number of aryl methyl sites for hydroxylation is 1. The number of aromatic hydroxyl groups is 2. The quantitative estimate of drug-likeness (QED) is 0.575. The molecular formula is C17H14N2O3S2. The molecule has 0 saturated carbocycles. The molecule has 1 saturated heterocycles. The SMILES string of the molecule is Cc1ccc(NN2C(=O)/C(=C\c3ccc(O)cc3O)SC2=S)cc1. The number of anilines is 1. The number of benzene rings is 2. The van der Waals surface area contributed by atoms with Crippen molar-refractivity contribution in [1.29, 1.82) is 0 Å². The molecule has 122 valence electrons. The molecule has 0 radical (unpaired) electrons. The van der Waals surface area contributed by atoms with E-state index in [2.05, 4.69) is 5.43 Å². The van der Waals surface area contributed by atoms with E-state index in [4.69, 9.17) is 12.2 Å². The van der Waals surface area contributed by atoms with Crippen LogP contribution in [-0.2, 0) is 4.79 Å². The highest BCUT2D eigenvalue weighted by Gasteiger charge is 2.32. The van der Waals surface area contributed by atoms with Gasteiger partial charge in [0.2, 0.25) is 0 Å². The molecule has 0 aromatic heterocycles.